The summed E-state index contributed by atoms with van der Waals surface area (Å²) in [4.78, 5) is 13.6. The van der Waals surface area contributed by atoms with Crippen molar-refractivity contribution in [1.82, 2.24) is 4.90 Å². The van der Waals surface area contributed by atoms with Gasteiger partial charge in [-0.15, -0.1) is 0 Å². The lowest BCUT2D eigenvalue weighted by Crippen LogP contribution is -2.49. The Morgan fingerprint density at radius 1 is 1.50 bits per heavy atom. The van der Waals surface area contributed by atoms with Gasteiger partial charge in [-0.25, -0.2) is 0 Å². The number of primary amides is 1. The van der Waals surface area contributed by atoms with Crippen molar-refractivity contribution in [3.8, 4) is 0 Å². The Hall–Kier alpha value is -0.0900. The third-order valence-corrected chi connectivity index (χ3v) is 4.92. The Morgan fingerprint density at radius 3 is 2.62 bits per heavy atom. The van der Waals surface area contributed by atoms with Crippen LogP contribution in [-0.4, -0.2) is 35.3 Å². The zero-order valence-corrected chi connectivity index (χ0v) is 12.1. The fraction of sp³-hybridized carbons (Fsp3) is 0.917. The van der Waals surface area contributed by atoms with Crippen molar-refractivity contribution in [1.29, 1.82) is 0 Å². The second-order valence-electron chi connectivity index (χ2n) is 5.75. The Bertz CT molecular complexity index is 255. The van der Waals surface area contributed by atoms with Crippen molar-refractivity contribution in [2.75, 3.05) is 18.4 Å². The number of hydrogen-bond donors (Lipinski definition) is 1. The third kappa shape index (κ3) is 3.74. The van der Waals surface area contributed by atoms with Crippen LogP contribution in [0.15, 0.2) is 0 Å². The number of hydrogen-bond acceptors (Lipinski definition) is 2. The molecule has 1 aliphatic heterocycles. The predicted molar refractivity (Wildman–Crippen MR) is 70.5 cm³/mol. The molecule has 2 unspecified atom stereocenters. The molecular formula is C12H23BrN2O. The lowest BCUT2D eigenvalue weighted by Gasteiger charge is -2.40. The summed E-state index contributed by atoms with van der Waals surface area (Å²) in [6, 6.07) is 0.564. The molecule has 3 nitrogen and oxygen atoms in total. The number of carbonyl (C=O) groups excluding carboxylic acids is 1. The van der Waals surface area contributed by atoms with Crippen molar-refractivity contribution in [3.63, 3.8) is 0 Å². The SMILES string of the molecule is CC1CCC(C(N)=O)CN1CC(C)(C)CBr. The number of piperidine rings is 1. The molecule has 0 saturated carbocycles. The number of likely N-dealkylation sites (tertiary alicyclic amines) is 1. The number of carbonyl (C=O) groups is 1. The number of rotatable bonds is 4. The maximum Gasteiger partial charge on any atom is 0.221 e. The molecule has 94 valence electrons. The highest BCUT2D eigenvalue weighted by molar-refractivity contribution is 9.09. The minimum absolute atomic E-state index is 0.0438. The zero-order valence-electron chi connectivity index (χ0n) is 10.5. The van der Waals surface area contributed by atoms with E-state index in [0.29, 0.717) is 6.04 Å². The van der Waals surface area contributed by atoms with E-state index in [9.17, 15) is 4.79 Å². The van der Waals surface area contributed by atoms with Gasteiger partial charge in [-0.3, -0.25) is 9.69 Å². The van der Waals surface area contributed by atoms with E-state index in [1.165, 1.54) is 0 Å². The van der Waals surface area contributed by atoms with Gasteiger partial charge in [-0.05, 0) is 25.2 Å². The monoisotopic (exact) mass is 290 g/mol. The van der Waals surface area contributed by atoms with E-state index in [0.717, 1.165) is 31.3 Å². The van der Waals surface area contributed by atoms with Crippen LogP contribution in [0, 0.1) is 11.3 Å². The minimum atomic E-state index is -0.145. The molecule has 0 aliphatic carbocycles. The summed E-state index contributed by atoms with van der Waals surface area (Å²) < 4.78 is 0. The first-order chi connectivity index (χ1) is 7.35. The van der Waals surface area contributed by atoms with Crippen LogP contribution in [-0.2, 0) is 4.79 Å². The summed E-state index contributed by atoms with van der Waals surface area (Å²) in [5, 5.41) is 0.977. The van der Waals surface area contributed by atoms with Gasteiger partial charge in [0.2, 0.25) is 5.91 Å². The molecule has 1 amide bonds. The van der Waals surface area contributed by atoms with Gasteiger partial charge < -0.3 is 5.73 Å². The van der Waals surface area contributed by atoms with E-state index < -0.39 is 0 Å². The maximum atomic E-state index is 11.2. The van der Waals surface area contributed by atoms with Gasteiger partial charge >= 0.3 is 0 Å². The second kappa shape index (κ2) is 5.50. The van der Waals surface area contributed by atoms with Gasteiger partial charge in [0.15, 0.2) is 0 Å². The quantitative estimate of drug-likeness (QED) is 0.805. The van der Waals surface area contributed by atoms with Gasteiger partial charge in [-0.1, -0.05) is 29.8 Å². The average Bonchev–Trinajstić information content (AvgIpc) is 2.21. The highest BCUT2D eigenvalue weighted by Gasteiger charge is 2.31. The molecule has 1 rings (SSSR count). The molecule has 0 aromatic rings. The fourth-order valence-corrected chi connectivity index (χ4v) is 2.40. The predicted octanol–water partition coefficient (Wildman–Crippen LogP) is 1.99. The van der Waals surface area contributed by atoms with E-state index in [-0.39, 0.29) is 17.2 Å². The standard InChI is InChI=1S/C12H23BrN2O/c1-9-4-5-10(11(14)16)6-15(9)8-12(2,3)7-13/h9-10H,4-8H2,1-3H3,(H2,14,16). The van der Waals surface area contributed by atoms with E-state index in [4.69, 9.17) is 5.73 Å². The number of nitrogens with two attached hydrogens (primary N) is 1. The smallest absolute Gasteiger partial charge is 0.221 e. The molecule has 1 saturated heterocycles. The summed E-state index contributed by atoms with van der Waals surface area (Å²) in [5.74, 6) is -0.101. The van der Waals surface area contributed by atoms with Crippen molar-refractivity contribution < 1.29 is 4.79 Å². The largest absolute Gasteiger partial charge is 0.369 e. The third-order valence-electron chi connectivity index (χ3n) is 3.41. The van der Waals surface area contributed by atoms with E-state index in [1.54, 1.807) is 0 Å². The first-order valence-electron chi connectivity index (χ1n) is 5.95. The number of halogens is 1. The van der Waals surface area contributed by atoms with Crippen molar-refractivity contribution in [2.45, 2.75) is 39.7 Å². The van der Waals surface area contributed by atoms with Crippen molar-refractivity contribution in [2.24, 2.45) is 17.1 Å². The molecule has 0 aromatic heterocycles. The van der Waals surface area contributed by atoms with Crippen LogP contribution in [0.4, 0.5) is 0 Å². The molecule has 1 heterocycles. The van der Waals surface area contributed by atoms with Crippen LogP contribution in [0.2, 0.25) is 0 Å². The molecule has 0 aromatic carbocycles. The first-order valence-corrected chi connectivity index (χ1v) is 7.07. The van der Waals surface area contributed by atoms with Gasteiger partial charge in [-0.2, -0.15) is 0 Å². The molecule has 16 heavy (non-hydrogen) atoms. The molecular weight excluding hydrogens is 268 g/mol. The summed E-state index contributed by atoms with van der Waals surface area (Å²) in [6.07, 6.45) is 2.02. The Labute approximate surface area is 107 Å². The first kappa shape index (κ1) is 14.0. The van der Waals surface area contributed by atoms with Gasteiger partial charge in [0.1, 0.15) is 0 Å². The lowest BCUT2D eigenvalue weighted by molar-refractivity contribution is -0.124. The Balaban J connectivity index is 2.59. The molecule has 0 bridgehead atoms. The summed E-state index contributed by atoms with van der Waals surface area (Å²) >= 11 is 3.54. The minimum Gasteiger partial charge on any atom is -0.369 e. The Morgan fingerprint density at radius 2 is 2.12 bits per heavy atom. The Kier molecular flexibility index (Phi) is 4.80. The van der Waals surface area contributed by atoms with Gasteiger partial charge in [0.25, 0.3) is 0 Å². The van der Waals surface area contributed by atoms with Crippen LogP contribution in [0.1, 0.15) is 33.6 Å². The topological polar surface area (TPSA) is 46.3 Å². The second-order valence-corrected chi connectivity index (χ2v) is 6.31. The zero-order chi connectivity index (χ0) is 12.3. The van der Waals surface area contributed by atoms with E-state index >= 15 is 0 Å². The van der Waals surface area contributed by atoms with Crippen molar-refractivity contribution in [3.05, 3.63) is 0 Å². The summed E-state index contributed by atoms with van der Waals surface area (Å²) in [6.45, 7) is 8.56. The van der Waals surface area contributed by atoms with Crippen LogP contribution in [0.25, 0.3) is 0 Å². The van der Waals surface area contributed by atoms with E-state index in [1.807, 2.05) is 0 Å². The average molecular weight is 291 g/mol. The number of alkyl halides is 1. The highest BCUT2D eigenvalue weighted by Crippen LogP contribution is 2.27. The molecule has 0 spiro atoms. The molecule has 1 fully saturated rings. The number of nitrogens with zero attached hydrogens (tertiary/aromatic N) is 1. The molecule has 4 heteroatoms. The molecule has 2 atom stereocenters. The van der Waals surface area contributed by atoms with Gasteiger partial charge in [0.05, 0.1) is 5.92 Å². The fourth-order valence-electron chi connectivity index (χ4n) is 2.22. The highest BCUT2D eigenvalue weighted by atomic mass is 79.9. The van der Waals surface area contributed by atoms with E-state index in [2.05, 4.69) is 41.6 Å². The molecule has 1 aliphatic rings. The molecule has 0 radical (unpaired) electrons. The van der Waals surface area contributed by atoms with Crippen LogP contribution in [0.3, 0.4) is 0 Å². The van der Waals surface area contributed by atoms with Crippen LogP contribution < -0.4 is 5.73 Å². The normalized spacial score (nSPS) is 28.0. The summed E-state index contributed by atoms with van der Waals surface area (Å²) in [5.41, 5.74) is 5.64. The van der Waals surface area contributed by atoms with Crippen LogP contribution >= 0.6 is 15.9 Å². The van der Waals surface area contributed by atoms with Gasteiger partial charge in [0, 0.05) is 24.5 Å². The van der Waals surface area contributed by atoms with Crippen LogP contribution in [0.5, 0.6) is 0 Å². The van der Waals surface area contributed by atoms with Crippen molar-refractivity contribution >= 4 is 21.8 Å². The maximum absolute atomic E-state index is 11.2. The molecule has 2 N–H and O–H groups in total. The summed E-state index contributed by atoms with van der Waals surface area (Å²) in [7, 11) is 0. The lowest BCUT2D eigenvalue weighted by atomic mass is 9.89. The number of amides is 1.